The van der Waals surface area contributed by atoms with Crippen LogP contribution in [0.2, 0.25) is 0 Å². The van der Waals surface area contributed by atoms with Crippen LogP contribution in [0.4, 0.5) is 11.5 Å². The van der Waals surface area contributed by atoms with Crippen LogP contribution >= 0.6 is 0 Å². The number of aromatic nitrogens is 1. The number of benzene rings is 2. The van der Waals surface area contributed by atoms with Crippen LogP contribution in [0.15, 0.2) is 53.4 Å². The first-order chi connectivity index (χ1) is 16.0. The summed E-state index contributed by atoms with van der Waals surface area (Å²) in [6.07, 6.45) is 3.93. The first-order valence-electron chi connectivity index (χ1n) is 11.9. The van der Waals surface area contributed by atoms with Gasteiger partial charge in [-0.05, 0) is 56.6 Å². The number of likely N-dealkylation sites (tertiary alicyclic amines) is 1. The highest BCUT2D eigenvalue weighted by atomic mass is 32.2. The van der Waals surface area contributed by atoms with Gasteiger partial charge in [0.2, 0.25) is 0 Å². The maximum atomic E-state index is 12.8. The van der Waals surface area contributed by atoms with Crippen LogP contribution < -0.4 is 10.2 Å². The fourth-order valence-electron chi connectivity index (χ4n) is 4.92. The van der Waals surface area contributed by atoms with Crippen molar-refractivity contribution >= 4 is 32.2 Å². The number of fused-ring (bicyclic) bond motifs is 2. The van der Waals surface area contributed by atoms with Crippen molar-refractivity contribution in [2.45, 2.75) is 37.6 Å². The predicted molar refractivity (Wildman–Crippen MR) is 135 cm³/mol. The van der Waals surface area contributed by atoms with E-state index in [1.54, 1.807) is 12.1 Å². The number of rotatable bonds is 5. The van der Waals surface area contributed by atoms with Crippen molar-refractivity contribution in [2.24, 2.45) is 0 Å². The molecule has 0 spiro atoms. The lowest BCUT2D eigenvalue weighted by Crippen LogP contribution is -2.33. The van der Waals surface area contributed by atoms with Crippen LogP contribution in [0.5, 0.6) is 0 Å². The smallest absolute Gasteiger partial charge is 0.180 e. The Hall–Kier alpha value is -2.64. The summed E-state index contributed by atoms with van der Waals surface area (Å²) in [5.74, 6) is 0.911. The largest absolute Gasteiger partial charge is 0.383 e. The average molecular weight is 465 g/mol. The van der Waals surface area contributed by atoms with E-state index < -0.39 is 9.84 Å². The number of anilines is 2. The van der Waals surface area contributed by atoms with Crippen LogP contribution in [0, 0.1) is 6.92 Å². The third kappa shape index (κ3) is 4.84. The number of nitrogens with zero attached hydrogens (tertiary/aromatic N) is 3. The minimum absolute atomic E-state index is 0.0926. The molecule has 2 aliphatic heterocycles. The molecule has 1 aromatic heterocycles. The number of sulfone groups is 1. The number of hydrogen-bond donors (Lipinski definition) is 1. The first kappa shape index (κ1) is 22.2. The Labute approximate surface area is 196 Å². The summed E-state index contributed by atoms with van der Waals surface area (Å²) in [7, 11) is -3.29. The zero-order valence-electron chi connectivity index (χ0n) is 19.3. The average Bonchev–Trinajstić information content (AvgIpc) is 2.96. The van der Waals surface area contributed by atoms with Crippen LogP contribution in [0.3, 0.4) is 0 Å². The Bertz CT molecular complexity index is 1250. The Balaban J connectivity index is 1.45. The van der Waals surface area contributed by atoms with E-state index in [2.05, 4.69) is 46.3 Å². The molecule has 33 heavy (non-hydrogen) atoms. The number of piperidine rings is 1. The third-order valence-electron chi connectivity index (χ3n) is 6.77. The van der Waals surface area contributed by atoms with Crippen LogP contribution in [0.1, 0.15) is 30.4 Å². The van der Waals surface area contributed by atoms with Crippen molar-refractivity contribution in [3.05, 3.63) is 59.7 Å². The maximum absolute atomic E-state index is 12.8. The van der Waals surface area contributed by atoms with Gasteiger partial charge in [-0.15, -0.1) is 0 Å². The first-order valence-corrected chi connectivity index (χ1v) is 13.6. The third-order valence-corrected chi connectivity index (χ3v) is 8.55. The lowest BCUT2D eigenvalue weighted by Gasteiger charge is -2.27. The Kier molecular flexibility index (Phi) is 6.25. The molecule has 2 aromatic carbocycles. The standard InChI is InChI=1S/C26H32N4O2S/c1-20-9-10-23-22(17-20)24(27-11-14-29-12-5-2-6-13-29)18-26(28-23)30-15-16-33(31,32)25-8-4-3-7-21(25)19-30/h3-4,7-10,17-18H,2,5-6,11-16,19H2,1H3,(H,27,28). The zero-order chi connectivity index (χ0) is 22.8. The summed E-state index contributed by atoms with van der Waals surface area (Å²) in [4.78, 5) is 10.0. The molecule has 0 atom stereocenters. The number of aryl methyl sites for hydroxylation is 1. The lowest BCUT2D eigenvalue weighted by atomic mass is 10.1. The molecule has 0 unspecified atom stereocenters. The van der Waals surface area contributed by atoms with E-state index in [4.69, 9.17) is 4.98 Å². The van der Waals surface area contributed by atoms with E-state index in [0.29, 0.717) is 18.0 Å². The SMILES string of the molecule is Cc1ccc2nc(N3CCS(=O)(=O)c4ccccc4C3)cc(NCCN3CCCCC3)c2c1. The fourth-order valence-corrected chi connectivity index (χ4v) is 6.42. The number of pyridine rings is 1. The second kappa shape index (κ2) is 9.31. The summed E-state index contributed by atoms with van der Waals surface area (Å²) in [5, 5.41) is 4.78. The fraction of sp³-hybridized carbons (Fsp3) is 0.423. The Morgan fingerprint density at radius 2 is 1.82 bits per heavy atom. The highest BCUT2D eigenvalue weighted by Crippen LogP contribution is 2.31. The van der Waals surface area contributed by atoms with Crippen molar-refractivity contribution in [2.75, 3.05) is 48.7 Å². The lowest BCUT2D eigenvalue weighted by molar-refractivity contribution is 0.237. The van der Waals surface area contributed by atoms with E-state index in [1.807, 2.05) is 12.1 Å². The van der Waals surface area contributed by atoms with E-state index in [0.717, 1.165) is 41.1 Å². The molecule has 5 rings (SSSR count). The Morgan fingerprint density at radius 3 is 2.67 bits per heavy atom. The second-order valence-electron chi connectivity index (χ2n) is 9.23. The van der Waals surface area contributed by atoms with E-state index >= 15 is 0 Å². The second-order valence-corrected chi connectivity index (χ2v) is 11.3. The molecule has 0 radical (unpaired) electrons. The van der Waals surface area contributed by atoms with Gasteiger partial charge in [-0.3, -0.25) is 0 Å². The Morgan fingerprint density at radius 1 is 1.00 bits per heavy atom. The molecule has 0 aliphatic carbocycles. The quantitative estimate of drug-likeness (QED) is 0.609. The number of nitrogens with one attached hydrogen (secondary N) is 1. The van der Waals surface area contributed by atoms with Gasteiger partial charge in [0, 0.05) is 43.3 Å². The monoisotopic (exact) mass is 464 g/mol. The van der Waals surface area contributed by atoms with Crippen molar-refractivity contribution in [1.29, 1.82) is 0 Å². The summed E-state index contributed by atoms with van der Waals surface area (Å²) < 4.78 is 25.6. The molecule has 1 saturated heterocycles. The molecule has 1 N–H and O–H groups in total. The van der Waals surface area contributed by atoms with Gasteiger partial charge in [0.15, 0.2) is 9.84 Å². The van der Waals surface area contributed by atoms with Gasteiger partial charge >= 0.3 is 0 Å². The topological polar surface area (TPSA) is 65.5 Å². The maximum Gasteiger partial charge on any atom is 0.180 e. The predicted octanol–water partition coefficient (Wildman–Crippen LogP) is 4.23. The van der Waals surface area contributed by atoms with Crippen molar-refractivity contribution < 1.29 is 8.42 Å². The number of hydrogen-bond acceptors (Lipinski definition) is 6. The molecule has 1 fully saturated rings. The van der Waals surface area contributed by atoms with Crippen molar-refractivity contribution in [3.8, 4) is 0 Å². The van der Waals surface area contributed by atoms with E-state index in [9.17, 15) is 8.42 Å². The molecule has 174 valence electrons. The summed E-state index contributed by atoms with van der Waals surface area (Å²) in [6.45, 7) is 7.34. The highest BCUT2D eigenvalue weighted by molar-refractivity contribution is 7.91. The van der Waals surface area contributed by atoms with Crippen LogP contribution in [-0.4, -0.2) is 56.8 Å². The van der Waals surface area contributed by atoms with E-state index in [-0.39, 0.29) is 5.75 Å². The van der Waals surface area contributed by atoms with Crippen LogP contribution in [0.25, 0.3) is 10.9 Å². The minimum Gasteiger partial charge on any atom is -0.383 e. The molecule has 6 nitrogen and oxygen atoms in total. The van der Waals surface area contributed by atoms with Crippen LogP contribution in [-0.2, 0) is 16.4 Å². The summed E-state index contributed by atoms with van der Waals surface area (Å²) >= 11 is 0. The normalized spacial score (nSPS) is 18.6. The van der Waals surface area contributed by atoms with Crippen molar-refractivity contribution in [1.82, 2.24) is 9.88 Å². The van der Waals surface area contributed by atoms with Gasteiger partial charge in [0.1, 0.15) is 5.82 Å². The molecular weight excluding hydrogens is 432 g/mol. The van der Waals surface area contributed by atoms with Gasteiger partial charge < -0.3 is 15.1 Å². The molecular formula is C26H32N4O2S. The molecule has 2 aliphatic rings. The van der Waals surface area contributed by atoms with Gasteiger partial charge in [0.25, 0.3) is 0 Å². The minimum atomic E-state index is -3.29. The summed E-state index contributed by atoms with van der Waals surface area (Å²) in [6, 6.07) is 15.8. The molecule has 0 saturated carbocycles. The molecule has 0 amide bonds. The molecule has 0 bridgehead atoms. The summed E-state index contributed by atoms with van der Waals surface area (Å²) in [5.41, 5.74) is 4.03. The molecule has 7 heteroatoms. The van der Waals surface area contributed by atoms with Gasteiger partial charge in [-0.1, -0.05) is 36.2 Å². The van der Waals surface area contributed by atoms with E-state index in [1.165, 1.54) is 37.9 Å². The van der Waals surface area contributed by atoms with Gasteiger partial charge in [-0.25, -0.2) is 13.4 Å². The zero-order valence-corrected chi connectivity index (χ0v) is 20.1. The molecule has 3 heterocycles. The highest BCUT2D eigenvalue weighted by Gasteiger charge is 2.26. The van der Waals surface area contributed by atoms with Gasteiger partial charge in [-0.2, -0.15) is 0 Å². The van der Waals surface area contributed by atoms with Crippen molar-refractivity contribution in [3.63, 3.8) is 0 Å². The molecule has 3 aromatic rings. The van der Waals surface area contributed by atoms with Gasteiger partial charge in [0.05, 0.1) is 16.2 Å².